The van der Waals surface area contributed by atoms with Crippen LogP contribution < -0.4 is 15.4 Å². The molecule has 2 aromatic rings. The molecule has 37 heavy (non-hydrogen) atoms. The lowest BCUT2D eigenvalue weighted by Gasteiger charge is -2.17. The number of alkyl halides is 1. The number of carbonyl (C=O) groups is 2. The smallest absolute Gasteiger partial charge is 0.259 e. The average Bonchev–Trinajstić information content (AvgIpc) is 3.41. The number of nitrogens with one attached hydrogen (secondary N) is 2. The predicted octanol–water partition coefficient (Wildman–Crippen LogP) is 4.64. The van der Waals surface area contributed by atoms with Crippen molar-refractivity contribution in [2.45, 2.75) is 84.0 Å². The number of carbonyl (C=O) groups excluding carboxylic acids is 2. The number of fused-ring (bicyclic) bond motifs is 1. The highest BCUT2D eigenvalue weighted by molar-refractivity contribution is 5.99. The summed E-state index contributed by atoms with van der Waals surface area (Å²) in [6, 6.07) is 7.58. The van der Waals surface area contributed by atoms with Crippen molar-refractivity contribution in [3.8, 4) is 5.75 Å². The number of aromatic nitrogens is 2. The van der Waals surface area contributed by atoms with Crippen LogP contribution in [0.3, 0.4) is 0 Å². The third kappa shape index (κ3) is 6.59. The fourth-order valence-electron chi connectivity index (χ4n) is 5.29. The highest BCUT2D eigenvalue weighted by Gasteiger charge is 2.31. The molecule has 8 heteroatoms. The lowest BCUT2D eigenvalue weighted by atomic mass is 10.0. The molecule has 5 rings (SSSR count). The number of nitrogens with zero attached hydrogens (tertiary/aromatic N) is 2. The normalized spacial score (nSPS) is 19.5. The number of halogens is 1. The van der Waals surface area contributed by atoms with Gasteiger partial charge in [0.1, 0.15) is 18.5 Å². The van der Waals surface area contributed by atoms with Gasteiger partial charge < -0.3 is 15.4 Å². The first-order chi connectivity index (χ1) is 18.0. The Bertz CT molecular complexity index is 1160. The van der Waals surface area contributed by atoms with Gasteiger partial charge in [0.05, 0.1) is 23.5 Å². The lowest BCUT2D eigenvalue weighted by molar-refractivity contribution is -0.125. The fraction of sp³-hybridized carbons (Fsp3) is 0.552. The summed E-state index contributed by atoms with van der Waals surface area (Å²) in [5.41, 5.74) is 4.02. The van der Waals surface area contributed by atoms with E-state index in [9.17, 15) is 14.0 Å². The van der Waals surface area contributed by atoms with Gasteiger partial charge in [-0.05, 0) is 56.2 Å². The van der Waals surface area contributed by atoms with Crippen molar-refractivity contribution in [1.29, 1.82) is 0 Å². The molecule has 3 aliphatic rings. The molecule has 2 aliphatic carbocycles. The zero-order valence-corrected chi connectivity index (χ0v) is 21.6. The number of benzene rings is 1. The lowest BCUT2D eigenvalue weighted by Crippen LogP contribution is -2.33. The van der Waals surface area contributed by atoms with E-state index >= 15 is 0 Å². The van der Waals surface area contributed by atoms with Crippen molar-refractivity contribution >= 4 is 11.8 Å². The molecule has 1 aromatic heterocycles. The topological polar surface area (TPSA) is 85.2 Å². The zero-order chi connectivity index (χ0) is 25.8. The minimum absolute atomic E-state index is 0.0240. The van der Waals surface area contributed by atoms with Crippen LogP contribution in [0.4, 0.5) is 4.39 Å². The summed E-state index contributed by atoms with van der Waals surface area (Å²) in [6.45, 7) is 2.59. The summed E-state index contributed by atoms with van der Waals surface area (Å²) in [7, 11) is 0. The van der Waals surface area contributed by atoms with Crippen molar-refractivity contribution in [2.24, 2.45) is 11.8 Å². The molecule has 2 N–H and O–H groups in total. The fourth-order valence-corrected chi connectivity index (χ4v) is 5.29. The second-order valence-electron chi connectivity index (χ2n) is 10.7. The van der Waals surface area contributed by atoms with Crippen LogP contribution in [0.5, 0.6) is 5.75 Å². The van der Waals surface area contributed by atoms with Gasteiger partial charge in [0.15, 0.2) is 0 Å². The minimum atomic E-state index is -1.03. The van der Waals surface area contributed by atoms with Crippen molar-refractivity contribution in [3.63, 3.8) is 0 Å². The Morgan fingerprint density at radius 2 is 2.11 bits per heavy atom. The van der Waals surface area contributed by atoms with E-state index in [1.165, 1.54) is 19.8 Å². The summed E-state index contributed by atoms with van der Waals surface area (Å²) < 4.78 is 20.6. The Labute approximate surface area is 217 Å². The van der Waals surface area contributed by atoms with E-state index in [1.807, 2.05) is 35.0 Å². The summed E-state index contributed by atoms with van der Waals surface area (Å²) in [6.07, 6.45) is 9.82. The summed E-state index contributed by atoms with van der Waals surface area (Å²) in [4.78, 5) is 25.9. The first-order valence-electron chi connectivity index (χ1n) is 13.7. The third-order valence-corrected chi connectivity index (χ3v) is 7.55. The highest BCUT2D eigenvalue weighted by atomic mass is 19.1. The number of hydrogen-bond acceptors (Lipinski definition) is 4. The maximum Gasteiger partial charge on any atom is 0.259 e. The van der Waals surface area contributed by atoms with Crippen LogP contribution in [0.15, 0.2) is 36.0 Å². The standard InChI is InChI=1S/C29H37FN4O3/c1-19(30)18-37-24-8-4-5-21(15-24)11-12-23-16-25-27(29(36)32-23)26(34(33-25)14-13-20-9-10-20)17-31-28(35)22-6-2-3-7-22/h4-5,8,12,15,19-20,22H,2-3,6-7,9-11,13-14,16-18H2,1H3,(H,31,35)(H,32,36)/b23-12+. The molecule has 198 valence electrons. The van der Waals surface area contributed by atoms with Crippen LogP contribution in [0, 0.1) is 11.8 Å². The number of hydrogen-bond donors (Lipinski definition) is 2. The molecule has 2 saturated carbocycles. The number of ether oxygens (including phenoxy) is 1. The Kier molecular flexibility index (Phi) is 7.91. The molecular weight excluding hydrogens is 471 g/mol. The van der Waals surface area contributed by atoms with E-state index < -0.39 is 6.17 Å². The molecule has 1 atom stereocenters. The van der Waals surface area contributed by atoms with Gasteiger partial charge in [-0.15, -0.1) is 0 Å². The monoisotopic (exact) mass is 508 g/mol. The molecule has 1 aliphatic heterocycles. The minimum Gasteiger partial charge on any atom is -0.491 e. The van der Waals surface area contributed by atoms with Gasteiger partial charge in [0, 0.05) is 24.6 Å². The van der Waals surface area contributed by atoms with E-state index in [0.717, 1.165) is 67.2 Å². The van der Waals surface area contributed by atoms with Gasteiger partial charge in [-0.25, -0.2) is 4.39 Å². The molecular formula is C29H37FN4O3. The van der Waals surface area contributed by atoms with Crippen LogP contribution in [0.1, 0.15) is 79.2 Å². The molecule has 0 bridgehead atoms. The van der Waals surface area contributed by atoms with E-state index in [0.29, 0.717) is 30.7 Å². The quantitative estimate of drug-likeness (QED) is 0.463. The maximum absolute atomic E-state index is 13.2. The number of aryl methyl sites for hydroxylation is 1. The third-order valence-electron chi connectivity index (χ3n) is 7.55. The van der Waals surface area contributed by atoms with E-state index in [2.05, 4.69) is 10.6 Å². The molecule has 1 unspecified atom stereocenters. The van der Waals surface area contributed by atoms with Crippen molar-refractivity contribution < 1.29 is 18.7 Å². The average molecular weight is 509 g/mol. The van der Waals surface area contributed by atoms with E-state index in [4.69, 9.17) is 9.84 Å². The summed E-state index contributed by atoms with van der Waals surface area (Å²) in [5.74, 6) is 1.40. The Balaban J connectivity index is 1.29. The van der Waals surface area contributed by atoms with Gasteiger partial charge in [-0.2, -0.15) is 5.10 Å². The van der Waals surface area contributed by atoms with Crippen LogP contribution in [-0.4, -0.2) is 34.4 Å². The Morgan fingerprint density at radius 3 is 2.86 bits per heavy atom. The van der Waals surface area contributed by atoms with Gasteiger partial charge in [0.25, 0.3) is 5.91 Å². The predicted molar refractivity (Wildman–Crippen MR) is 139 cm³/mol. The van der Waals surface area contributed by atoms with E-state index in [-0.39, 0.29) is 24.3 Å². The first-order valence-corrected chi connectivity index (χ1v) is 13.7. The number of allylic oxidation sites excluding steroid dienone is 2. The second kappa shape index (κ2) is 11.5. The second-order valence-corrected chi connectivity index (χ2v) is 10.7. The van der Waals surface area contributed by atoms with Crippen LogP contribution in [0.25, 0.3) is 0 Å². The van der Waals surface area contributed by atoms with Gasteiger partial charge >= 0.3 is 0 Å². The highest BCUT2D eigenvalue weighted by Crippen LogP contribution is 2.33. The molecule has 0 saturated heterocycles. The Morgan fingerprint density at radius 1 is 1.30 bits per heavy atom. The van der Waals surface area contributed by atoms with Crippen molar-refractivity contribution in [2.75, 3.05) is 6.61 Å². The first kappa shape index (κ1) is 25.5. The molecule has 0 spiro atoms. The van der Waals surface area contributed by atoms with Crippen LogP contribution in [0.2, 0.25) is 0 Å². The van der Waals surface area contributed by atoms with Gasteiger partial charge in [0.2, 0.25) is 5.91 Å². The summed E-state index contributed by atoms with van der Waals surface area (Å²) >= 11 is 0. The Hall–Kier alpha value is -3.16. The molecule has 0 radical (unpaired) electrons. The van der Waals surface area contributed by atoms with Crippen LogP contribution in [-0.2, 0) is 30.7 Å². The van der Waals surface area contributed by atoms with E-state index in [1.54, 1.807) is 0 Å². The number of rotatable bonds is 11. The van der Waals surface area contributed by atoms with Crippen LogP contribution >= 0.6 is 0 Å². The molecule has 2 amide bonds. The van der Waals surface area contributed by atoms with Gasteiger partial charge in [-0.1, -0.05) is 43.9 Å². The molecule has 7 nitrogen and oxygen atoms in total. The summed E-state index contributed by atoms with van der Waals surface area (Å²) in [5, 5.41) is 11.0. The maximum atomic E-state index is 13.2. The van der Waals surface area contributed by atoms with Crippen molar-refractivity contribution in [3.05, 3.63) is 58.6 Å². The number of amides is 2. The largest absolute Gasteiger partial charge is 0.491 e. The molecule has 2 heterocycles. The zero-order valence-electron chi connectivity index (χ0n) is 21.6. The SMILES string of the molecule is CC(F)COc1cccc(C/C=C2\Cc3nn(CCC4CC4)c(CNC(=O)C4CCCC4)c3C(=O)N2)c1. The molecule has 2 fully saturated rings. The molecule has 1 aromatic carbocycles. The van der Waals surface area contributed by atoms with Gasteiger partial charge in [-0.3, -0.25) is 14.3 Å². The van der Waals surface area contributed by atoms with Crippen molar-refractivity contribution in [1.82, 2.24) is 20.4 Å².